The number of nitrogens with two attached hydrogens (primary N) is 1. The van der Waals surface area contributed by atoms with Gasteiger partial charge in [-0.2, -0.15) is 0 Å². The minimum absolute atomic E-state index is 0.0775. The van der Waals surface area contributed by atoms with Gasteiger partial charge in [-0.15, -0.1) is 0 Å². The standard InChI is InChI=1S/C23H37N3O3/c1-5-9-18(22(24)27)19(16-17(3)4)23(28)26-14-12-25(13-15-26)20-10-7-8-11-21(20)29-6-2/h7-8,10-11,17-19H,5-6,9,12-16H2,1-4H3,(H2,24,27)/t18-,19+/m0/s1. The zero-order chi connectivity index (χ0) is 21.4. The second-order valence-corrected chi connectivity index (χ2v) is 8.25. The van der Waals surface area contributed by atoms with Crippen LogP contribution in [0.5, 0.6) is 5.75 Å². The average Bonchev–Trinajstić information content (AvgIpc) is 2.70. The number of benzene rings is 1. The molecule has 2 rings (SSSR count). The summed E-state index contributed by atoms with van der Waals surface area (Å²) in [5, 5.41) is 0. The van der Waals surface area contributed by atoms with Crippen LogP contribution in [0.3, 0.4) is 0 Å². The highest BCUT2D eigenvalue weighted by atomic mass is 16.5. The zero-order valence-corrected chi connectivity index (χ0v) is 18.4. The van der Waals surface area contributed by atoms with Crippen molar-refractivity contribution in [3.63, 3.8) is 0 Å². The monoisotopic (exact) mass is 403 g/mol. The summed E-state index contributed by atoms with van der Waals surface area (Å²) in [6.07, 6.45) is 2.21. The molecule has 2 amide bonds. The van der Waals surface area contributed by atoms with E-state index in [4.69, 9.17) is 10.5 Å². The Morgan fingerprint density at radius 3 is 2.28 bits per heavy atom. The smallest absolute Gasteiger partial charge is 0.226 e. The number of amides is 2. The lowest BCUT2D eigenvalue weighted by Gasteiger charge is -2.39. The predicted molar refractivity (Wildman–Crippen MR) is 117 cm³/mol. The van der Waals surface area contributed by atoms with Crippen LogP contribution in [-0.2, 0) is 9.59 Å². The molecule has 0 saturated carbocycles. The third-order valence-corrected chi connectivity index (χ3v) is 5.59. The Morgan fingerprint density at radius 2 is 1.72 bits per heavy atom. The van der Waals surface area contributed by atoms with E-state index >= 15 is 0 Å². The fourth-order valence-corrected chi connectivity index (χ4v) is 4.20. The molecule has 6 heteroatoms. The Labute approximate surface area is 175 Å². The van der Waals surface area contributed by atoms with Crippen molar-refractivity contribution in [2.24, 2.45) is 23.5 Å². The van der Waals surface area contributed by atoms with Gasteiger partial charge in [-0.05, 0) is 37.8 Å². The summed E-state index contributed by atoms with van der Waals surface area (Å²) in [5.41, 5.74) is 6.75. The van der Waals surface area contributed by atoms with E-state index in [1.54, 1.807) is 0 Å². The van der Waals surface area contributed by atoms with E-state index in [-0.39, 0.29) is 23.7 Å². The van der Waals surface area contributed by atoms with Gasteiger partial charge in [0.2, 0.25) is 11.8 Å². The van der Waals surface area contributed by atoms with Crippen LogP contribution >= 0.6 is 0 Å². The lowest BCUT2D eigenvalue weighted by molar-refractivity contribution is -0.142. The van der Waals surface area contributed by atoms with Crippen molar-refractivity contribution in [3.8, 4) is 5.75 Å². The SMILES string of the molecule is CCC[C@H](C(N)=O)[C@@H](CC(C)C)C(=O)N1CCN(c2ccccc2OCC)CC1. The molecule has 1 heterocycles. The number of para-hydroxylation sites is 2. The van der Waals surface area contributed by atoms with Gasteiger partial charge >= 0.3 is 0 Å². The highest BCUT2D eigenvalue weighted by Crippen LogP contribution is 2.30. The molecule has 0 aromatic heterocycles. The molecule has 0 bridgehead atoms. The molecule has 1 saturated heterocycles. The number of rotatable bonds is 10. The third kappa shape index (κ3) is 6.12. The van der Waals surface area contributed by atoms with E-state index < -0.39 is 0 Å². The largest absolute Gasteiger partial charge is 0.492 e. The van der Waals surface area contributed by atoms with Crippen LogP contribution in [0.2, 0.25) is 0 Å². The van der Waals surface area contributed by atoms with E-state index in [0.29, 0.717) is 38.5 Å². The number of primary amides is 1. The van der Waals surface area contributed by atoms with Crippen LogP contribution in [0.25, 0.3) is 0 Å². The summed E-state index contributed by atoms with van der Waals surface area (Å²) in [5.74, 6) is 0.233. The number of piperazine rings is 1. The van der Waals surface area contributed by atoms with Crippen molar-refractivity contribution < 1.29 is 14.3 Å². The molecular weight excluding hydrogens is 366 g/mol. The maximum absolute atomic E-state index is 13.3. The number of hydrogen-bond donors (Lipinski definition) is 1. The number of hydrogen-bond acceptors (Lipinski definition) is 4. The predicted octanol–water partition coefficient (Wildman–Crippen LogP) is 3.30. The maximum Gasteiger partial charge on any atom is 0.226 e. The molecule has 2 N–H and O–H groups in total. The van der Waals surface area contributed by atoms with Gasteiger partial charge in [-0.3, -0.25) is 9.59 Å². The fraction of sp³-hybridized carbons (Fsp3) is 0.652. The Bertz CT molecular complexity index is 669. The molecule has 0 unspecified atom stereocenters. The van der Waals surface area contributed by atoms with Crippen molar-refractivity contribution in [2.75, 3.05) is 37.7 Å². The van der Waals surface area contributed by atoms with Gasteiger partial charge in [0.1, 0.15) is 5.75 Å². The summed E-state index contributed by atoms with van der Waals surface area (Å²) >= 11 is 0. The molecule has 6 nitrogen and oxygen atoms in total. The third-order valence-electron chi connectivity index (χ3n) is 5.59. The van der Waals surface area contributed by atoms with Crippen molar-refractivity contribution >= 4 is 17.5 Å². The molecule has 0 aliphatic carbocycles. The molecule has 0 spiro atoms. The normalized spacial score (nSPS) is 16.6. The van der Waals surface area contributed by atoms with E-state index in [1.165, 1.54) is 0 Å². The van der Waals surface area contributed by atoms with Gasteiger partial charge in [0, 0.05) is 38.0 Å². The Balaban J connectivity index is 2.09. The zero-order valence-electron chi connectivity index (χ0n) is 18.4. The Kier molecular flexibility index (Phi) is 8.80. The second-order valence-electron chi connectivity index (χ2n) is 8.25. The number of ether oxygens (including phenoxy) is 1. The molecule has 29 heavy (non-hydrogen) atoms. The first-order valence-electron chi connectivity index (χ1n) is 10.9. The Hall–Kier alpha value is -2.24. The molecule has 1 aliphatic heterocycles. The van der Waals surface area contributed by atoms with Gasteiger partial charge in [0.25, 0.3) is 0 Å². The average molecular weight is 404 g/mol. The molecule has 162 valence electrons. The number of anilines is 1. The second kappa shape index (κ2) is 11.1. The van der Waals surface area contributed by atoms with Gasteiger partial charge in [-0.25, -0.2) is 0 Å². The first-order chi connectivity index (χ1) is 13.9. The summed E-state index contributed by atoms with van der Waals surface area (Å²) in [7, 11) is 0. The van der Waals surface area contributed by atoms with Gasteiger partial charge in [0.15, 0.2) is 0 Å². The number of nitrogens with zero attached hydrogens (tertiary/aromatic N) is 2. The maximum atomic E-state index is 13.3. The summed E-state index contributed by atoms with van der Waals surface area (Å²) in [6, 6.07) is 8.03. The van der Waals surface area contributed by atoms with E-state index in [9.17, 15) is 9.59 Å². The number of carbonyl (C=O) groups is 2. The molecule has 1 aromatic carbocycles. The van der Waals surface area contributed by atoms with Crippen LogP contribution in [0.1, 0.15) is 47.0 Å². The lowest BCUT2D eigenvalue weighted by Crippen LogP contribution is -2.52. The molecule has 2 atom stereocenters. The molecule has 1 aromatic rings. The van der Waals surface area contributed by atoms with E-state index in [2.05, 4.69) is 24.8 Å². The summed E-state index contributed by atoms with van der Waals surface area (Å²) < 4.78 is 5.76. The van der Waals surface area contributed by atoms with Gasteiger partial charge in [-0.1, -0.05) is 39.3 Å². The van der Waals surface area contributed by atoms with Crippen molar-refractivity contribution in [1.29, 1.82) is 0 Å². The van der Waals surface area contributed by atoms with Crippen LogP contribution < -0.4 is 15.4 Å². The molecule has 1 aliphatic rings. The number of carbonyl (C=O) groups excluding carboxylic acids is 2. The topological polar surface area (TPSA) is 75.9 Å². The lowest BCUT2D eigenvalue weighted by atomic mass is 9.81. The first-order valence-corrected chi connectivity index (χ1v) is 10.9. The highest BCUT2D eigenvalue weighted by molar-refractivity contribution is 5.87. The molecular formula is C23H37N3O3. The highest BCUT2D eigenvalue weighted by Gasteiger charge is 2.36. The van der Waals surface area contributed by atoms with Crippen LogP contribution in [0.4, 0.5) is 5.69 Å². The van der Waals surface area contributed by atoms with E-state index in [1.807, 2.05) is 36.9 Å². The van der Waals surface area contributed by atoms with Crippen LogP contribution in [0.15, 0.2) is 24.3 Å². The van der Waals surface area contributed by atoms with Gasteiger partial charge in [0.05, 0.1) is 12.3 Å². The van der Waals surface area contributed by atoms with E-state index in [0.717, 1.165) is 30.9 Å². The summed E-state index contributed by atoms with van der Waals surface area (Å²) in [4.78, 5) is 29.6. The fourth-order valence-electron chi connectivity index (χ4n) is 4.20. The van der Waals surface area contributed by atoms with Crippen LogP contribution in [-0.4, -0.2) is 49.5 Å². The van der Waals surface area contributed by atoms with Crippen molar-refractivity contribution in [3.05, 3.63) is 24.3 Å². The quantitative estimate of drug-likeness (QED) is 0.650. The minimum atomic E-state index is -0.383. The van der Waals surface area contributed by atoms with Crippen molar-refractivity contribution in [2.45, 2.75) is 47.0 Å². The first kappa shape index (κ1) is 23.0. The summed E-state index contributed by atoms with van der Waals surface area (Å²) in [6.45, 7) is 11.6. The molecule has 0 radical (unpaired) electrons. The van der Waals surface area contributed by atoms with Gasteiger partial charge < -0.3 is 20.3 Å². The molecule has 1 fully saturated rings. The Morgan fingerprint density at radius 1 is 1.07 bits per heavy atom. The van der Waals surface area contributed by atoms with Crippen molar-refractivity contribution in [1.82, 2.24) is 4.90 Å². The minimum Gasteiger partial charge on any atom is -0.492 e. The van der Waals surface area contributed by atoms with Crippen LogP contribution in [0, 0.1) is 17.8 Å².